The molecule has 9 nitrogen and oxygen atoms in total. The molecule has 0 aliphatic carbocycles. The molecular weight excluding hydrogens is 408 g/mol. The molecular formula is C23H34N6O3. The van der Waals surface area contributed by atoms with Gasteiger partial charge in [0.05, 0.1) is 18.0 Å². The smallest absolute Gasteiger partial charge is 0.204 e. The molecule has 1 amide bonds. The number of nitrogens with one attached hydrogen (secondary N) is 1. The molecule has 1 atom stereocenters. The van der Waals surface area contributed by atoms with Crippen LogP contribution in [0.25, 0.3) is 11.2 Å². The Kier molecular flexibility index (Phi) is 16.5. The number of primary amides is 1. The van der Waals surface area contributed by atoms with E-state index in [1.54, 1.807) is 31.8 Å². The maximum absolute atomic E-state index is 10.1. The molecule has 9 heteroatoms. The van der Waals surface area contributed by atoms with Crippen LogP contribution in [-0.4, -0.2) is 46.3 Å². The minimum absolute atomic E-state index is 0.250. The van der Waals surface area contributed by atoms with Crippen LogP contribution >= 0.6 is 0 Å². The van der Waals surface area contributed by atoms with E-state index in [1.807, 2.05) is 16.7 Å². The summed E-state index contributed by atoms with van der Waals surface area (Å²) in [6, 6.07) is 3.81. The lowest BCUT2D eigenvalue weighted by molar-refractivity contribution is -0.106. The van der Waals surface area contributed by atoms with Crippen molar-refractivity contribution in [2.24, 2.45) is 5.73 Å². The minimum atomic E-state index is -0.688. The van der Waals surface area contributed by atoms with Crippen LogP contribution in [0.15, 0.2) is 55.5 Å². The van der Waals surface area contributed by atoms with Crippen LogP contribution in [0, 0.1) is 11.3 Å². The largest absolute Gasteiger partial charge is 0.385 e. The molecule has 0 fully saturated rings. The average Bonchev–Trinajstić information content (AvgIpc) is 3.21. The van der Waals surface area contributed by atoms with Crippen molar-refractivity contribution in [3.63, 3.8) is 0 Å². The number of pyridine rings is 1. The summed E-state index contributed by atoms with van der Waals surface area (Å²) in [5.41, 5.74) is 7.11. The minimum Gasteiger partial charge on any atom is -0.385 e. The van der Waals surface area contributed by atoms with Gasteiger partial charge in [-0.1, -0.05) is 38.7 Å². The number of aliphatic hydroxyl groups is 1. The van der Waals surface area contributed by atoms with Crippen molar-refractivity contribution in [3.05, 3.63) is 61.1 Å². The van der Waals surface area contributed by atoms with Gasteiger partial charge in [0.1, 0.15) is 11.7 Å². The highest BCUT2D eigenvalue weighted by atomic mass is 16.5. The highest BCUT2D eigenvalue weighted by Gasteiger charge is 2.10. The summed E-state index contributed by atoms with van der Waals surface area (Å²) in [5.74, 6) is 0. The van der Waals surface area contributed by atoms with Gasteiger partial charge in [-0.25, -0.2) is 9.97 Å². The number of amides is 1. The monoisotopic (exact) mass is 442 g/mol. The summed E-state index contributed by atoms with van der Waals surface area (Å²) in [7, 11) is 1.70. The Bertz CT molecular complexity index is 885. The number of aromatic nitrogens is 3. The predicted octanol–water partition coefficient (Wildman–Crippen LogP) is 2.76. The van der Waals surface area contributed by atoms with Crippen molar-refractivity contribution in [1.29, 1.82) is 5.26 Å². The molecule has 0 saturated heterocycles. The Morgan fingerprint density at radius 1 is 1.44 bits per heavy atom. The second kappa shape index (κ2) is 18.4. The van der Waals surface area contributed by atoms with E-state index in [1.165, 1.54) is 6.08 Å². The number of ether oxygens (including phenoxy) is 1. The molecule has 0 aliphatic rings. The summed E-state index contributed by atoms with van der Waals surface area (Å²) in [5, 5.41) is 21.4. The van der Waals surface area contributed by atoms with E-state index in [-0.39, 0.29) is 6.41 Å². The van der Waals surface area contributed by atoms with Gasteiger partial charge in [0.15, 0.2) is 5.65 Å². The van der Waals surface area contributed by atoms with Crippen LogP contribution < -0.4 is 11.1 Å². The Morgan fingerprint density at radius 2 is 2.16 bits per heavy atom. The molecule has 0 aromatic carbocycles. The number of nitriles is 1. The van der Waals surface area contributed by atoms with Crippen molar-refractivity contribution in [2.45, 2.75) is 39.0 Å². The first kappa shape index (κ1) is 28.7. The van der Waals surface area contributed by atoms with Crippen molar-refractivity contribution < 1.29 is 14.6 Å². The Labute approximate surface area is 189 Å². The number of nitrogens with zero attached hydrogens (tertiary/aromatic N) is 4. The number of hydrogen-bond acceptors (Lipinski definition) is 7. The molecule has 0 aliphatic heterocycles. The number of rotatable bonds is 11. The van der Waals surface area contributed by atoms with E-state index in [0.29, 0.717) is 5.57 Å². The zero-order valence-corrected chi connectivity index (χ0v) is 18.9. The van der Waals surface area contributed by atoms with Crippen molar-refractivity contribution in [1.82, 2.24) is 19.9 Å². The van der Waals surface area contributed by atoms with Crippen LogP contribution in [0.2, 0.25) is 0 Å². The number of imidazole rings is 1. The van der Waals surface area contributed by atoms with Gasteiger partial charge in [-0.2, -0.15) is 5.26 Å². The van der Waals surface area contributed by atoms with E-state index in [0.717, 1.165) is 55.7 Å². The number of methoxy groups -OCH3 is 1. The maximum atomic E-state index is 10.1. The average molecular weight is 443 g/mol. The molecule has 2 rings (SSSR count). The molecule has 174 valence electrons. The molecule has 1 unspecified atom stereocenters. The fourth-order valence-corrected chi connectivity index (χ4v) is 2.47. The number of carbonyl (C=O) groups is 1. The van der Waals surface area contributed by atoms with Crippen LogP contribution in [-0.2, 0) is 16.1 Å². The molecule has 0 saturated carbocycles. The van der Waals surface area contributed by atoms with Gasteiger partial charge in [0.2, 0.25) is 6.41 Å². The number of aryl methyl sites for hydroxylation is 1. The number of unbranched alkanes of at least 4 members (excludes halogenated alkanes) is 1. The third-order valence-corrected chi connectivity index (χ3v) is 4.05. The normalized spacial score (nSPS) is 11.2. The second-order valence-electron chi connectivity index (χ2n) is 6.42. The van der Waals surface area contributed by atoms with Gasteiger partial charge < -0.3 is 20.1 Å². The first-order chi connectivity index (χ1) is 15.5. The highest BCUT2D eigenvalue weighted by molar-refractivity contribution is 5.71. The molecule has 0 radical (unpaired) electrons. The third kappa shape index (κ3) is 11.2. The number of aliphatic hydroxyl groups excluding tert-OH is 1. The molecule has 32 heavy (non-hydrogen) atoms. The Hall–Kier alpha value is -3.32. The van der Waals surface area contributed by atoms with Gasteiger partial charge in [-0.15, -0.1) is 0 Å². The number of carbonyl (C=O) groups excluding carboxylic acids is 1. The van der Waals surface area contributed by atoms with Gasteiger partial charge in [0.25, 0.3) is 0 Å². The number of fused-ring (bicyclic) bond motifs is 1. The van der Waals surface area contributed by atoms with Crippen LogP contribution in [0.1, 0.15) is 38.0 Å². The van der Waals surface area contributed by atoms with E-state index < -0.39 is 6.23 Å². The summed E-state index contributed by atoms with van der Waals surface area (Å²) in [6.45, 7) is 11.3. The van der Waals surface area contributed by atoms with E-state index in [4.69, 9.17) is 14.8 Å². The fraction of sp³-hybridized carbons (Fsp3) is 0.391. The van der Waals surface area contributed by atoms with Gasteiger partial charge in [0, 0.05) is 32.0 Å². The van der Waals surface area contributed by atoms with Crippen LogP contribution in [0.5, 0.6) is 0 Å². The van der Waals surface area contributed by atoms with Gasteiger partial charge in [-0.3, -0.25) is 10.1 Å². The van der Waals surface area contributed by atoms with E-state index in [2.05, 4.69) is 41.1 Å². The molecule has 0 bridgehead atoms. The first-order valence-corrected chi connectivity index (χ1v) is 10.2. The molecule has 2 aromatic heterocycles. The lowest BCUT2D eigenvalue weighted by atomic mass is 10.2. The number of allylic oxidation sites excluding steroid dienone is 4. The SMILES string of the molecule is C=C/C=C(/C#N)C=C.CCCCNC(O)c1cnc2c(c1)ncn2CCCOC.NC=O. The van der Waals surface area contributed by atoms with E-state index in [9.17, 15) is 5.11 Å². The predicted molar refractivity (Wildman–Crippen MR) is 126 cm³/mol. The number of hydrogen-bond donors (Lipinski definition) is 3. The summed E-state index contributed by atoms with van der Waals surface area (Å²) < 4.78 is 7.06. The zero-order chi connectivity index (χ0) is 24.2. The quantitative estimate of drug-likeness (QED) is 0.160. The lowest BCUT2D eigenvalue weighted by Crippen LogP contribution is -2.22. The fourth-order valence-electron chi connectivity index (χ4n) is 2.47. The maximum Gasteiger partial charge on any atom is 0.204 e. The highest BCUT2D eigenvalue weighted by Crippen LogP contribution is 2.16. The van der Waals surface area contributed by atoms with E-state index >= 15 is 0 Å². The van der Waals surface area contributed by atoms with Gasteiger partial charge >= 0.3 is 0 Å². The summed E-state index contributed by atoms with van der Waals surface area (Å²) >= 11 is 0. The topological polar surface area (TPSA) is 139 Å². The molecule has 4 N–H and O–H groups in total. The molecule has 2 aromatic rings. The lowest BCUT2D eigenvalue weighted by Gasteiger charge is -2.12. The van der Waals surface area contributed by atoms with Crippen LogP contribution in [0.4, 0.5) is 0 Å². The van der Waals surface area contributed by atoms with Crippen LogP contribution in [0.3, 0.4) is 0 Å². The summed E-state index contributed by atoms with van der Waals surface area (Å²) in [6.07, 6.45) is 10.8. The second-order valence-corrected chi connectivity index (χ2v) is 6.42. The number of nitrogens with two attached hydrogens (primary N) is 1. The molecule has 0 spiro atoms. The van der Waals surface area contributed by atoms with Crippen molar-refractivity contribution in [2.75, 3.05) is 20.3 Å². The van der Waals surface area contributed by atoms with Gasteiger partial charge in [-0.05, 0) is 31.5 Å². The third-order valence-electron chi connectivity index (χ3n) is 4.05. The Balaban J connectivity index is 0.000000732. The summed E-state index contributed by atoms with van der Waals surface area (Å²) in [4.78, 5) is 17.4. The zero-order valence-electron chi connectivity index (χ0n) is 18.9. The Morgan fingerprint density at radius 3 is 2.69 bits per heavy atom. The molecule has 2 heterocycles. The first-order valence-electron chi connectivity index (χ1n) is 10.2. The van der Waals surface area contributed by atoms with Crippen molar-refractivity contribution >= 4 is 17.6 Å². The standard InChI is InChI=1S/C15H24N4O2.C7H7N.CH3NO/c1-3-4-6-16-15(20)12-9-13-14(17-10-12)19(11-18-13)7-5-8-21-2;1-3-5-7(4-2)6-8;2-1-3/h9-11,15-16,20H,3-8H2,1-2H3;3-5H,1-2H2;1H,(H2,2,3)/b;7-5+;. The van der Waals surface area contributed by atoms with Crippen molar-refractivity contribution in [3.8, 4) is 6.07 Å².